The van der Waals surface area contributed by atoms with Gasteiger partial charge < -0.3 is 4.74 Å². The van der Waals surface area contributed by atoms with Crippen molar-refractivity contribution in [2.45, 2.75) is 50.7 Å². The summed E-state index contributed by atoms with van der Waals surface area (Å²) in [6.45, 7) is 0.915. The van der Waals surface area contributed by atoms with Crippen LogP contribution in [0.1, 0.15) is 37.7 Å². The van der Waals surface area contributed by atoms with Gasteiger partial charge in [0.1, 0.15) is 0 Å². The molecular weight excluding hydrogens is 295 g/mol. The van der Waals surface area contributed by atoms with Crippen molar-refractivity contribution in [2.75, 3.05) is 6.61 Å². The van der Waals surface area contributed by atoms with E-state index in [1.165, 1.54) is 12.8 Å². The van der Waals surface area contributed by atoms with Crippen LogP contribution in [0.15, 0.2) is 18.2 Å². The smallest absolute Gasteiger partial charge is 0.0576 e. The van der Waals surface area contributed by atoms with Gasteiger partial charge in [0.25, 0.3) is 0 Å². The van der Waals surface area contributed by atoms with Crippen molar-refractivity contribution in [3.05, 3.63) is 33.8 Å². The van der Waals surface area contributed by atoms with Crippen LogP contribution < -0.4 is 11.3 Å². The molecule has 0 bridgehead atoms. The first-order valence-corrected chi connectivity index (χ1v) is 7.97. The van der Waals surface area contributed by atoms with Gasteiger partial charge in [0.05, 0.1) is 6.10 Å². The van der Waals surface area contributed by atoms with Gasteiger partial charge in [0, 0.05) is 22.7 Å². The lowest BCUT2D eigenvalue weighted by atomic mass is 9.99. The molecule has 1 aromatic rings. The number of nitrogens with two attached hydrogens (primary N) is 1. The van der Waals surface area contributed by atoms with Gasteiger partial charge in [-0.15, -0.1) is 0 Å². The van der Waals surface area contributed by atoms with E-state index in [0.717, 1.165) is 37.9 Å². The van der Waals surface area contributed by atoms with Crippen LogP contribution in [0.3, 0.4) is 0 Å². The van der Waals surface area contributed by atoms with Crippen LogP contribution in [0, 0.1) is 0 Å². The lowest BCUT2D eigenvalue weighted by molar-refractivity contribution is 0.101. The molecule has 2 unspecified atom stereocenters. The van der Waals surface area contributed by atoms with E-state index in [1.54, 1.807) is 0 Å². The highest BCUT2D eigenvalue weighted by atomic mass is 35.5. The number of hydrogen-bond acceptors (Lipinski definition) is 3. The average molecular weight is 317 g/mol. The predicted octanol–water partition coefficient (Wildman–Crippen LogP) is 3.72. The number of rotatable bonds is 7. The quantitative estimate of drug-likeness (QED) is 0.595. The zero-order valence-electron chi connectivity index (χ0n) is 11.6. The Balaban J connectivity index is 1.82. The molecule has 3 N–H and O–H groups in total. The summed E-state index contributed by atoms with van der Waals surface area (Å²) in [7, 11) is 0. The maximum atomic E-state index is 6.20. The average Bonchev–Trinajstić information content (AvgIpc) is 2.94. The van der Waals surface area contributed by atoms with Gasteiger partial charge in [-0.2, -0.15) is 0 Å². The van der Waals surface area contributed by atoms with E-state index >= 15 is 0 Å². The fourth-order valence-electron chi connectivity index (χ4n) is 2.68. The highest BCUT2D eigenvalue weighted by Crippen LogP contribution is 2.26. The van der Waals surface area contributed by atoms with Gasteiger partial charge in [0.2, 0.25) is 0 Å². The van der Waals surface area contributed by atoms with Crippen LogP contribution in [-0.2, 0) is 11.2 Å². The second-order valence-corrected chi connectivity index (χ2v) is 6.15. The first kappa shape index (κ1) is 16.1. The summed E-state index contributed by atoms with van der Waals surface area (Å²) in [6.07, 6.45) is 6.78. The zero-order chi connectivity index (χ0) is 14.4. The predicted molar refractivity (Wildman–Crippen MR) is 84.1 cm³/mol. The van der Waals surface area contributed by atoms with E-state index in [2.05, 4.69) is 5.43 Å². The maximum absolute atomic E-state index is 6.20. The van der Waals surface area contributed by atoms with Crippen LogP contribution in [-0.4, -0.2) is 18.8 Å². The van der Waals surface area contributed by atoms with Crippen molar-refractivity contribution in [1.29, 1.82) is 0 Å². The van der Waals surface area contributed by atoms with Crippen molar-refractivity contribution in [2.24, 2.45) is 5.84 Å². The zero-order valence-corrected chi connectivity index (χ0v) is 13.1. The Morgan fingerprint density at radius 3 is 2.70 bits per heavy atom. The van der Waals surface area contributed by atoms with E-state index in [-0.39, 0.29) is 6.04 Å². The molecule has 1 aliphatic rings. The lowest BCUT2D eigenvalue weighted by Crippen LogP contribution is -2.37. The Morgan fingerprint density at radius 1 is 1.35 bits per heavy atom. The maximum Gasteiger partial charge on any atom is 0.0576 e. The second-order valence-electron chi connectivity index (χ2n) is 5.33. The summed E-state index contributed by atoms with van der Waals surface area (Å²) < 4.78 is 5.63. The Kier molecular flexibility index (Phi) is 6.59. The Labute approximate surface area is 130 Å². The lowest BCUT2D eigenvalue weighted by Gasteiger charge is -2.18. The molecule has 0 aliphatic carbocycles. The molecule has 0 saturated carbocycles. The molecule has 1 saturated heterocycles. The van der Waals surface area contributed by atoms with Crippen molar-refractivity contribution in [3.63, 3.8) is 0 Å². The second kappa shape index (κ2) is 8.20. The van der Waals surface area contributed by atoms with Gasteiger partial charge >= 0.3 is 0 Å². The summed E-state index contributed by atoms with van der Waals surface area (Å²) >= 11 is 12.4. The molecule has 0 amide bonds. The number of hydrazine groups is 1. The third-order valence-corrected chi connectivity index (χ3v) is 4.56. The van der Waals surface area contributed by atoms with E-state index in [9.17, 15) is 0 Å². The molecule has 0 radical (unpaired) electrons. The van der Waals surface area contributed by atoms with E-state index in [1.807, 2.05) is 18.2 Å². The van der Waals surface area contributed by atoms with Crippen molar-refractivity contribution in [3.8, 4) is 0 Å². The molecule has 1 fully saturated rings. The molecule has 1 aliphatic heterocycles. The normalized spacial score (nSPS) is 20.2. The topological polar surface area (TPSA) is 47.3 Å². The van der Waals surface area contributed by atoms with E-state index in [0.29, 0.717) is 16.1 Å². The molecule has 1 aromatic carbocycles. The van der Waals surface area contributed by atoms with Gasteiger partial charge in [-0.1, -0.05) is 29.3 Å². The van der Waals surface area contributed by atoms with Crippen LogP contribution in [0.25, 0.3) is 0 Å². The van der Waals surface area contributed by atoms with E-state index < -0.39 is 0 Å². The third-order valence-electron chi connectivity index (χ3n) is 3.85. The van der Waals surface area contributed by atoms with Crippen LogP contribution >= 0.6 is 23.2 Å². The highest BCUT2D eigenvalue weighted by Gasteiger charge is 2.17. The number of benzene rings is 1. The molecule has 0 spiro atoms. The molecule has 112 valence electrons. The molecule has 0 aromatic heterocycles. The SMILES string of the molecule is NNC(CCCC1CCCO1)Cc1c(Cl)cccc1Cl. The highest BCUT2D eigenvalue weighted by molar-refractivity contribution is 6.35. The first-order chi connectivity index (χ1) is 9.70. The summed E-state index contributed by atoms with van der Waals surface area (Å²) in [5.74, 6) is 5.65. The van der Waals surface area contributed by atoms with Crippen molar-refractivity contribution >= 4 is 23.2 Å². The monoisotopic (exact) mass is 316 g/mol. The van der Waals surface area contributed by atoms with Crippen LogP contribution in [0.5, 0.6) is 0 Å². The van der Waals surface area contributed by atoms with Gasteiger partial charge in [-0.25, -0.2) is 0 Å². The van der Waals surface area contributed by atoms with Crippen molar-refractivity contribution < 1.29 is 4.74 Å². The van der Waals surface area contributed by atoms with Crippen LogP contribution in [0.4, 0.5) is 0 Å². The molecule has 2 atom stereocenters. The van der Waals surface area contributed by atoms with E-state index in [4.69, 9.17) is 33.8 Å². The summed E-state index contributed by atoms with van der Waals surface area (Å²) in [5.41, 5.74) is 3.84. The molecular formula is C15H22Cl2N2O. The fraction of sp³-hybridized carbons (Fsp3) is 0.600. The number of ether oxygens (including phenoxy) is 1. The third kappa shape index (κ3) is 4.61. The molecule has 5 heteroatoms. The minimum Gasteiger partial charge on any atom is -0.378 e. The Hall–Kier alpha value is -0.320. The summed E-state index contributed by atoms with van der Waals surface area (Å²) in [5, 5.41) is 1.41. The molecule has 1 heterocycles. The van der Waals surface area contributed by atoms with Crippen molar-refractivity contribution in [1.82, 2.24) is 5.43 Å². The summed E-state index contributed by atoms with van der Waals surface area (Å²) in [4.78, 5) is 0. The molecule has 2 rings (SSSR count). The first-order valence-electron chi connectivity index (χ1n) is 7.21. The summed E-state index contributed by atoms with van der Waals surface area (Å²) in [6, 6.07) is 5.77. The standard InChI is InChI=1S/C15H22Cl2N2O/c16-14-7-2-8-15(17)13(14)10-11(19-18)4-1-5-12-6-3-9-20-12/h2,7-8,11-12,19H,1,3-6,9-10,18H2. The molecule has 20 heavy (non-hydrogen) atoms. The number of nitrogens with one attached hydrogen (secondary N) is 1. The number of halogens is 2. The van der Waals surface area contributed by atoms with Gasteiger partial charge in [-0.05, 0) is 56.2 Å². The fourth-order valence-corrected chi connectivity index (χ4v) is 3.23. The van der Waals surface area contributed by atoms with Gasteiger partial charge in [0.15, 0.2) is 0 Å². The Morgan fingerprint density at radius 2 is 2.10 bits per heavy atom. The van der Waals surface area contributed by atoms with Gasteiger partial charge in [-0.3, -0.25) is 11.3 Å². The van der Waals surface area contributed by atoms with Crippen LogP contribution in [0.2, 0.25) is 10.0 Å². The number of hydrogen-bond donors (Lipinski definition) is 2. The minimum absolute atomic E-state index is 0.189. The largest absolute Gasteiger partial charge is 0.378 e. The minimum atomic E-state index is 0.189. The Bertz CT molecular complexity index is 402. The molecule has 3 nitrogen and oxygen atoms in total.